The van der Waals surface area contributed by atoms with Gasteiger partial charge in [-0.3, -0.25) is 4.72 Å². The molecule has 0 amide bonds. The maximum absolute atomic E-state index is 12.9. The van der Waals surface area contributed by atoms with Crippen LogP contribution >= 0.6 is 0 Å². The molecule has 2 N–H and O–H groups in total. The van der Waals surface area contributed by atoms with E-state index >= 15 is 0 Å². The Labute approximate surface area is 153 Å². The predicted octanol–water partition coefficient (Wildman–Crippen LogP) is 2.44. The van der Waals surface area contributed by atoms with E-state index in [9.17, 15) is 8.42 Å². The lowest BCUT2D eigenvalue weighted by molar-refractivity contribution is 0.397. The zero-order valence-electron chi connectivity index (χ0n) is 14.7. The molecule has 0 radical (unpaired) electrons. The highest BCUT2D eigenvalue weighted by Crippen LogP contribution is 2.35. The number of nitrogens with one attached hydrogen (secondary N) is 2. The van der Waals surface area contributed by atoms with Gasteiger partial charge in [-0.2, -0.15) is 5.26 Å². The zero-order valence-corrected chi connectivity index (χ0v) is 15.6. The van der Waals surface area contributed by atoms with Crippen LogP contribution in [0, 0.1) is 11.3 Å². The van der Waals surface area contributed by atoms with Crippen molar-refractivity contribution < 1.29 is 13.2 Å². The summed E-state index contributed by atoms with van der Waals surface area (Å²) in [6, 6.07) is 12.0. The largest absolute Gasteiger partial charge is 0.496 e. The second-order valence-electron chi connectivity index (χ2n) is 6.25. The van der Waals surface area contributed by atoms with E-state index in [0.717, 1.165) is 29.7 Å². The Hall–Kier alpha value is -2.56. The first-order valence-corrected chi connectivity index (χ1v) is 9.86. The molecule has 0 fully saturated rings. The SMILES string of the molecule is CNC1CCc2c(S(=O)(=O)Nc3ccc(C#N)cc3)ccc(OC)c2C1. The van der Waals surface area contributed by atoms with Crippen LogP contribution in [-0.4, -0.2) is 28.6 Å². The Balaban J connectivity index is 1.98. The van der Waals surface area contributed by atoms with Crippen molar-refractivity contribution in [1.29, 1.82) is 5.26 Å². The standard InChI is InChI=1S/C19H21N3O3S/c1-21-15-7-8-16-17(11-15)18(25-2)9-10-19(16)26(23,24)22-14-5-3-13(12-20)4-6-14/h3-6,9-10,15,21-22H,7-8,11H2,1-2H3. The molecule has 0 saturated carbocycles. The van der Waals surface area contributed by atoms with E-state index in [2.05, 4.69) is 10.0 Å². The first kappa shape index (κ1) is 18.2. The number of hydrogen-bond donors (Lipinski definition) is 2. The van der Waals surface area contributed by atoms with Gasteiger partial charge in [0.2, 0.25) is 0 Å². The van der Waals surface area contributed by atoms with Crippen LogP contribution in [0.25, 0.3) is 0 Å². The summed E-state index contributed by atoms with van der Waals surface area (Å²) in [5, 5.41) is 12.1. The molecule has 7 heteroatoms. The highest BCUT2D eigenvalue weighted by Gasteiger charge is 2.28. The highest BCUT2D eigenvalue weighted by atomic mass is 32.2. The Morgan fingerprint density at radius 2 is 1.88 bits per heavy atom. The fourth-order valence-corrected chi connectivity index (χ4v) is 4.68. The minimum absolute atomic E-state index is 0.284. The van der Waals surface area contributed by atoms with E-state index in [1.54, 1.807) is 43.5 Å². The molecule has 6 nitrogen and oxygen atoms in total. The Morgan fingerprint density at radius 1 is 1.15 bits per heavy atom. The molecule has 0 bridgehead atoms. The summed E-state index contributed by atoms with van der Waals surface area (Å²) in [5.74, 6) is 0.720. The smallest absolute Gasteiger partial charge is 0.262 e. The van der Waals surface area contributed by atoms with Crippen molar-refractivity contribution >= 4 is 15.7 Å². The van der Waals surface area contributed by atoms with Crippen LogP contribution in [0.3, 0.4) is 0 Å². The molecule has 0 heterocycles. The van der Waals surface area contributed by atoms with Crippen molar-refractivity contribution in [3.8, 4) is 11.8 Å². The van der Waals surface area contributed by atoms with Crippen LogP contribution in [0.15, 0.2) is 41.3 Å². The molecular formula is C19H21N3O3S. The van der Waals surface area contributed by atoms with Gasteiger partial charge in [0.15, 0.2) is 0 Å². The molecule has 0 spiro atoms. The maximum Gasteiger partial charge on any atom is 0.262 e. The summed E-state index contributed by atoms with van der Waals surface area (Å²) in [5.41, 5.74) is 2.67. The van der Waals surface area contributed by atoms with E-state index in [0.29, 0.717) is 23.7 Å². The summed E-state index contributed by atoms with van der Waals surface area (Å²) in [6.45, 7) is 0. The fraction of sp³-hybridized carbons (Fsp3) is 0.316. The normalized spacial score (nSPS) is 16.4. The molecule has 1 aliphatic carbocycles. The molecule has 1 unspecified atom stereocenters. The fourth-order valence-electron chi connectivity index (χ4n) is 3.33. The number of ether oxygens (including phenoxy) is 1. The van der Waals surface area contributed by atoms with E-state index in [-0.39, 0.29) is 4.90 Å². The number of methoxy groups -OCH3 is 1. The lowest BCUT2D eigenvalue weighted by Gasteiger charge is -2.27. The second-order valence-corrected chi connectivity index (χ2v) is 7.90. The first-order chi connectivity index (χ1) is 12.5. The van der Waals surface area contributed by atoms with Gasteiger partial charge in [0.1, 0.15) is 5.75 Å². The van der Waals surface area contributed by atoms with Gasteiger partial charge in [-0.1, -0.05) is 0 Å². The summed E-state index contributed by atoms with van der Waals surface area (Å²) in [6.07, 6.45) is 2.27. The Bertz CT molecular complexity index is 947. The molecule has 0 aromatic heterocycles. The summed E-state index contributed by atoms with van der Waals surface area (Å²) < 4.78 is 33.9. The number of likely N-dealkylation sites (N-methyl/N-ethyl adjacent to an activating group) is 1. The highest BCUT2D eigenvalue weighted by molar-refractivity contribution is 7.92. The van der Waals surface area contributed by atoms with E-state index < -0.39 is 10.0 Å². The zero-order chi connectivity index (χ0) is 18.7. The molecular weight excluding hydrogens is 350 g/mol. The quantitative estimate of drug-likeness (QED) is 0.842. The lowest BCUT2D eigenvalue weighted by atomic mass is 9.87. The number of benzene rings is 2. The number of rotatable bonds is 5. The van der Waals surface area contributed by atoms with Crippen LogP contribution in [0.2, 0.25) is 0 Å². The van der Waals surface area contributed by atoms with Gasteiger partial charge in [-0.15, -0.1) is 0 Å². The van der Waals surface area contributed by atoms with Crippen LogP contribution in [-0.2, 0) is 22.9 Å². The third-order valence-corrected chi connectivity index (χ3v) is 6.19. The third kappa shape index (κ3) is 3.52. The summed E-state index contributed by atoms with van der Waals surface area (Å²) in [4.78, 5) is 0.284. The van der Waals surface area contributed by atoms with Crippen molar-refractivity contribution in [3.63, 3.8) is 0 Å². The van der Waals surface area contributed by atoms with Gasteiger partial charge in [0.25, 0.3) is 10.0 Å². The number of sulfonamides is 1. The lowest BCUT2D eigenvalue weighted by Crippen LogP contribution is -2.32. The van der Waals surface area contributed by atoms with Crippen LogP contribution < -0.4 is 14.8 Å². The molecule has 136 valence electrons. The van der Waals surface area contributed by atoms with Crippen molar-refractivity contribution in [2.45, 2.75) is 30.2 Å². The summed E-state index contributed by atoms with van der Waals surface area (Å²) >= 11 is 0. The minimum atomic E-state index is -3.73. The van der Waals surface area contributed by atoms with Crippen molar-refractivity contribution in [2.75, 3.05) is 18.9 Å². The van der Waals surface area contributed by atoms with E-state index in [4.69, 9.17) is 10.00 Å². The average Bonchev–Trinajstić information content (AvgIpc) is 2.66. The Morgan fingerprint density at radius 3 is 2.50 bits per heavy atom. The molecule has 2 aromatic rings. The van der Waals surface area contributed by atoms with Gasteiger partial charge in [-0.05, 0) is 68.3 Å². The molecule has 0 aliphatic heterocycles. The second kappa shape index (κ2) is 7.36. The molecule has 2 aromatic carbocycles. The number of anilines is 1. The number of hydrogen-bond acceptors (Lipinski definition) is 5. The molecule has 1 aliphatic rings. The maximum atomic E-state index is 12.9. The average molecular weight is 371 g/mol. The van der Waals surface area contributed by atoms with Crippen molar-refractivity contribution in [1.82, 2.24) is 5.32 Å². The topological polar surface area (TPSA) is 91.2 Å². The predicted molar refractivity (Wildman–Crippen MR) is 99.8 cm³/mol. The molecule has 1 atom stereocenters. The monoisotopic (exact) mass is 371 g/mol. The van der Waals surface area contributed by atoms with Gasteiger partial charge >= 0.3 is 0 Å². The van der Waals surface area contributed by atoms with Crippen LogP contribution in [0.1, 0.15) is 23.1 Å². The first-order valence-electron chi connectivity index (χ1n) is 8.37. The molecule has 3 rings (SSSR count). The number of nitrogens with zero attached hydrogens (tertiary/aromatic N) is 1. The van der Waals surface area contributed by atoms with Crippen LogP contribution in [0.5, 0.6) is 5.75 Å². The third-order valence-electron chi connectivity index (χ3n) is 4.72. The minimum Gasteiger partial charge on any atom is -0.496 e. The molecule has 0 saturated heterocycles. The van der Waals surface area contributed by atoms with E-state index in [1.165, 1.54) is 0 Å². The number of nitriles is 1. The van der Waals surface area contributed by atoms with Gasteiger partial charge in [0, 0.05) is 17.3 Å². The van der Waals surface area contributed by atoms with E-state index in [1.807, 2.05) is 13.1 Å². The number of fused-ring (bicyclic) bond motifs is 1. The molecule has 26 heavy (non-hydrogen) atoms. The van der Waals surface area contributed by atoms with Gasteiger partial charge in [0.05, 0.1) is 23.6 Å². The van der Waals surface area contributed by atoms with Crippen molar-refractivity contribution in [2.24, 2.45) is 0 Å². The Kier molecular flexibility index (Phi) is 5.16. The van der Waals surface area contributed by atoms with Gasteiger partial charge in [-0.25, -0.2) is 8.42 Å². The summed E-state index contributed by atoms with van der Waals surface area (Å²) in [7, 11) is -0.222. The van der Waals surface area contributed by atoms with Crippen molar-refractivity contribution in [3.05, 3.63) is 53.1 Å². The van der Waals surface area contributed by atoms with Crippen LogP contribution in [0.4, 0.5) is 5.69 Å². The van der Waals surface area contributed by atoms with Gasteiger partial charge < -0.3 is 10.1 Å².